The van der Waals surface area contributed by atoms with E-state index >= 15 is 0 Å². The largest absolute Gasteiger partial charge is 0.463 e. The van der Waals surface area contributed by atoms with Gasteiger partial charge in [0, 0.05) is 0 Å². The Morgan fingerprint density at radius 1 is 1.64 bits per heavy atom. The van der Waals surface area contributed by atoms with Crippen LogP contribution >= 0.6 is 0 Å². The molecule has 1 aliphatic rings. The summed E-state index contributed by atoms with van der Waals surface area (Å²) in [6.45, 7) is 3.34. The molecule has 0 aromatic heterocycles. The van der Waals surface area contributed by atoms with Crippen molar-refractivity contribution < 1.29 is 14.6 Å². The van der Waals surface area contributed by atoms with Gasteiger partial charge in [-0.15, -0.1) is 0 Å². The van der Waals surface area contributed by atoms with Gasteiger partial charge in [0.1, 0.15) is 0 Å². The van der Waals surface area contributed by atoms with Crippen LogP contribution in [0.15, 0.2) is 0 Å². The zero-order valence-corrected chi connectivity index (χ0v) is 6.96. The summed E-state index contributed by atoms with van der Waals surface area (Å²) in [5, 5.41) is 9.14. The Morgan fingerprint density at radius 3 is 2.55 bits per heavy atom. The average molecular weight is 158 g/mol. The molecule has 0 saturated heterocycles. The number of esters is 1. The predicted molar refractivity (Wildman–Crippen MR) is 40.0 cm³/mol. The lowest BCUT2D eigenvalue weighted by Gasteiger charge is -2.14. The molecule has 0 aromatic carbocycles. The molecule has 3 nitrogen and oxygen atoms in total. The van der Waals surface area contributed by atoms with Crippen molar-refractivity contribution in [3.8, 4) is 0 Å². The van der Waals surface area contributed by atoms with Crippen LogP contribution in [-0.2, 0) is 9.53 Å². The van der Waals surface area contributed by atoms with Gasteiger partial charge in [-0.25, -0.2) is 4.79 Å². The number of hydrogen-bond acceptors (Lipinski definition) is 3. The quantitative estimate of drug-likeness (QED) is 0.615. The van der Waals surface area contributed by atoms with Crippen LogP contribution in [0.5, 0.6) is 0 Å². The molecular weight excluding hydrogens is 144 g/mol. The summed E-state index contributed by atoms with van der Waals surface area (Å²) in [5.74, 6) is 0.0331. The molecule has 0 spiro atoms. The Hall–Kier alpha value is -0.570. The summed E-state index contributed by atoms with van der Waals surface area (Å²) in [4.78, 5) is 10.9. The van der Waals surface area contributed by atoms with E-state index in [2.05, 4.69) is 0 Å². The lowest BCUT2D eigenvalue weighted by molar-refractivity contribution is -0.162. The number of hydrogen-bond donors (Lipinski definition) is 1. The van der Waals surface area contributed by atoms with E-state index < -0.39 is 11.6 Å². The molecule has 11 heavy (non-hydrogen) atoms. The van der Waals surface area contributed by atoms with E-state index in [4.69, 9.17) is 9.84 Å². The lowest BCUT2D eigenvalue weighted by atomic mass is 10.1. The van der Waals surface area contributed by atoms with Crippen LogP contribution in [0.2, 0.25) is 0 Å². The Morgan fingerprint density at radius 2 is 2.18 bits per heavy atom. The van der Waals surface area contributed by atoms with Gasteiger partial charge in [-0.05, 0) is 32.6 Å². The molecule has 0 aromatic rings. The van der Waals surface area contributed by atoms with Gasteiger partial charge in [-0.3, -0.25) is 0 Å². The monoisotopic (exact) mass is 158 g/mol. The van der Waals surface area contributed by atoms with Crippen LogP contribution in [0.3, 0.4) is 0 Å². The topological polar surface area (TPSA) is 46.5 Å². The minimum Gasteiger partial charge on any atom is -0.463 e. The second kappa shape index (κ2) is 2.81. The van der Waals surface area contributed by atoms with Crippen molar-refractivity contribution in [2.75, 3.05) is 6.61 Å². The summed E-state index contributed by atoms with van der Waals surface area (Å²) >= 11 is 0. The van der Waals surface area contributed by atoms with Crippen molar-refractivity contribution in [2.24, 2.45) is 5.92 Å². The van der Waals surface area contributed by atoms with Gasteiger partial charge in [0.05, 0.1) is 6.61 Å². The maximum atomic E-state index is 10.9. The van der Waals surface area contributed by atoms with Crippen molar-refractivity contribution in [3.05, 3.63) is 0 Å². The molecule has 1 aliphatic carbocycles. The number of aliphatic hydroxyl groups is 1. The first-order chi connectivity index (χ1) is 5.00. The molecular formula is C8H14O3. The van der Waals surface area contributed by atoms with Gasteiger partial charge in [-0.2, -0.15) is 0 Å². The fourth-order valence-electron chi connectivity index (χ4n) is 0.655. The smallest absolute Gasteiger partial charge is 0.337 e. The highest BCUT2D eigenvalue weighted by atomic mass is 16.5. The Labute approximate surface area is 66.4 Å². The summed E-state index contributed by atoms with van der Waals surface area (Å²) in [5.41, 5.74) is -1.34. The number of carbonyl (C=O) groups excluding carboxylic acids is 1. The van der Waals surface area contributed by atoms with Crippen LogP contribution in [-0.4, -0.2) is 23.3 Å². The van der Waals surface area contributed by atoms with Crippen molar-refractivity contribution in [3.63, 3.8) is 0 Å². The first-order valence-corrected chi connectivity index (χ1v) is 3.90. The van der Waals surface area contributed by atoms with Gasteiger partial charge in [0.15, 0.2) is 5.60 Å². The highest BCUT2D eigenvalue weighted by Crippen LogP contribution is 2.29. The minimum atomic E-state index is -1.34. The van der Waals surface area contributed by atoms with Crippen LogP contribution in [0.1, 0.15) is 26.7 Å². The summed E-state index contributed by atoms with van der Waals surface area (Å²) in [6.07, 6.45) is 2.30. The molecule has 0 unspecified atom stereocenters. The second-order valence-corrected chi connectivity index (χ2v) is 3.60. The van der Waals surface area contributed by atoms with Crippen molar-refractivity contribution >= 4 is 5.97 Å². The number of ether oxygens (including phenoxy) is 1. The van der Waals surface area contributed by atoms with E-state index in [-0.39, 0.29) is 0 Å². The zero-order valence-electron chi connectivity index (χ0n) is 6.96. The molecule has 0 heterocycles. The first kappa shape index (κ1) is 8.53. The SMILES string of the molecule is CC(C)(O)C(=O)OCC1CC1. The van der Waals surface area contributed by atoms with E-state index in [0.717, 1.165) is 12.8 Å². The van der Waals surface area contributed by atoms with Crippen molar-refractivity contribution in [1.29, 1.82) is 0 Å². The molecule has 1 N–H and O–H groups in total. The highest BCUT2D eigenvalue weighted by Gasteiger charge is 2.29. The van der Waals surface area contributed by atoms with Crippen LogP contribution in [0, 0.1) is 5.92 Å². The van der Waals surface area contributed by atoms with Crippen molar-refractivity contribution in [1.82, 2.24) is 0 Å². The third-order valence-corrected chi connectivity index (χ3v) is 1.65. The van der Waals surface area contributed by atoms with Gasteiger partial charge in [0.2, 0.25) is 0 Å². The van der Waals surface area contributed by atoms with E-state index in [1.807, 2.05) is 0 Å². The molecule has 64 valence electrons. The van der Waals surface area contributed by atoms with Gasteiger partial charge >= 0.3 is 5.97 Å². The standard InChI is InChI=1S/C8H14O3/c1-8(2,10)7(9)11-5-6-3-4-6/h6,10H,3-5H2,1-2H3. The molecule has 0 bridgehead atoms. The molecule has 0 amide bonds. The van der Waals surface area contributed by atoms with Gasteiger partial charge in [-0.1, -0.05) is 0 Å². The van der Waals surface area contributed by atoms with Crippen LogP contribution in [0.4, 0.5) is 0 Å². The Kier molecular flexibility index (Phi) is 2.18. The molecule has 0 atom stereocenters. The van der Waals surface area contributed by atoms with Crippen LogP contribution in [0.25, 0.3) is 0 Å². The van der Waals surface area contributed by atoms with Gasteiger partial charge in [0.25, 0.3) is 0 Å². The molecule has 3 heteroatoms. The molecule has 1 rings (SSSR count). The highest BCUT2D eigenvalue weighted by molar-refractivity contribution is 5.78. The molecule has 0 aliphatic heterocycles. The zero-order chi connectivity index (χ0) is 8.48. The number of rotatable bonds is 3. The maximum absolute atomic E-state index is 10.9. The van der Waals surface area contributed by atoms with E-state index in [9.17, 15) is 4.79 Å². The summed E-state index contributed by atoms with van der Waals surface area (Å²) in [7, 11) is 0. The minimum absolute atomic E-state index is 0.475. The lowest BCUT2D eigenvalue weighted by Crippen LogP contribution is -2.33. The molecule has 1 fully saturated rings. The van der Waals surface area contributed by atoms with Crippen molar-refractivity contribution in [2.45, 2.75) is 32.3 Å². The van der Waals surface area contributed by atoms with E-state index in [1.165, 1.54) is 13.8 Å². The van der Waals surface area contributed by atoms with E-state index in [1.54, 1.807) is 0 Å². The molecule has 0 radical (unpaired) electrons. The Bertz CT molecular complexity index is 153. The van der Waals surface area contributed by atoms with E-state index in [0.29, 0.717) is 12.5 Å². The predicted octanol–water partition coefficient (Wildman–Crippen LogP) is 0.710. The fourth-order valence-corrected chi connectivity index (χ4v) is 0.655. The average Bonchev–Trinajstić information content (AvgIpc) is 2.62. The van der Waals surface area contributed by atoms with Crippen LogP contribution < -0.4 is 0 Å². The first-order valence-electron chi connectivity index (χ1n) is 3.90. The number of carbonyl (C=O) groups is 1. The Balaban J connectivity index is 2.19. The molecule has 1 saturated carbocycles. The summed E-state index contributed by atoms with van der Waals surface area (Å²) in [6, 6.07) is 0. The second-order valence-electron chi connectivity index (χ2n) is 3.60. The van der Waals surface area contributed by atoms with Gasteiger partial charge < -0.3 is 9.84 Å². The normalized spacial score (nSPS) is 18.1. The third kappa shape index (κ3) is 2.89. The summed E-state index contributed by atoms with van der Waals surface area (Å²) < 4.78 is 4.84. The maximum Gasteiger partial charge on any atom is 0.337 e. The fraction of sp³-hybridized carbons (Fsp3) is 0.875. The third-order valence-electron chi connectivity index (χ3n) is 1.65.